The van der Waals surface area contributed by atoms with E-state index in [1.54, 1.807) is 16.7 Å². The molecule has 1 nitrogen and oxygen atoms in total. The molecule has 3 aliphatic rings. The summed E-state index contributed by atoms with van der Waals surface area (Å²) in [7, 11) is 0. The highest BCUT2D eigenvalue weighted by atomic mass is 15.0. The first-order valence-electron chi connectivity index (χ1n) is 8.24. The second-order valence-electron chi connectivity index (χ2n) is 6.86. The lowest BCUT2D eigenvalue weighted by atomic mass is 9.90. The molecule has 1 N–H and O–H groups in total. The number of fused-ring (bicyclic) bond motifs is 2. The molecule has 4 rings (SSSR count). The van der Waals surface area contributed by atoms with E-state index in [4.69, 9.17) is 0 Å². The van der Waals surface area contributed by atoms with Crippen molar-refractivity contribution in [2.75, 3.05) is 6.54 Å². The third-order valence-electron chi connectivity index (χ3n) is 5.78. The Morgan fingerprint density at radius 3 is 3.00 bits per heavy atom. The molecule has 3 atom stereocenters. The topological polar surface area (TPSA) is 12.0 Å². The van der Waals surface area contributed by atoms with Crippen molar-refractivity contribution < 1.29 is 0 Å². The van der Waals surface area contributed by atoms with Gasteiger partial charge in [0.05, 0.1) is 0 Å². The molecule has 1 saturated carbocycles. The van der Waals surface area contributed by atoms with Gasteiger partial charge in [0, 0.05) is 6.04 Å². The summed E-state index contributed by atoms with van der Waals surface area (Å²) in [6.07, 6.45) is 11.0. The molecule has 1 aromatic carbocycles. The van der Waals surface area contributed by atoms with Crippen molar-refractivity contribution in [3.8, 4) is 0 Å². The van der Waals surface area contributed by atoms with Crippen LogP contribution in [-0.2, 0) is 19.3 Å². The highest BCUT2D eigenvalue weighted by Gasteiger charge is 2.38. The molecule has 0 spiro atoms. The predicted molar refractivity (Wildman–Crippen MR) is 79.4 cm³/mol. The van der Waals surface area contributed by atoms with E-state index in [1.165, 1.54) is 57.9 Å². The van der Waals surface area contributed by atoms with Gasteiger partial charge in [0.25, 0.3) is 0 Å². The van der Waals surface area contributed by atoms with Gasteiger partial charge in [-0.2, -0.15) is 0 Å². The molecule has 0 radical (unpaired) electrons. The van der Waals surface area contributed by atoms with Crippen LogP contribution in [0.4, 0.5) is 0 Å². The van der Waals surface area contributed by atoms with Gasteiger partial charge >= 0.3 is 0 Å². The first kappa shape index (κ1) is 12.0. The van der Waals surface area contributed by atoms with Gasteiger partial charge < -0.3 is 5.32 Å². The maximum absolute atomic E-state index is 3.78. The summed E-state index contributed by atoms with van der Waals surface area (Å²) < 4.78 is 0. The van der Waals surface area contributed by atoms with Crippen molar-refractivity contribution in [3.63, 3.8) is 0 Å². The molecule has 1 heterocycles. The molecule has 19 heavy (non-hydrogen) atoms. The van der Waals surface area contributed by atoms with Gasteiger partial charge in [0.2, 0.25) is 0 Å². The van der Waals surface area contributed by atoms with Crippen LogP contribution in [0.25, 0.3) is 0 Å². The van der Waals surface area contributed by atoms with Crippen LogP contribution in [0.3, 0.4) is 0 Å². The lowest BCUT2D eigenvalue weighted by Gasteiger charge is -2.18. The molecule has 2 aliphatic carbocycles. The molecule has 0 bridgehead atoms. The van der Waals surface area contributed by atoms with Gasteiger partial charge in [-0.1, -0.05) is 24.6 Å². The highest BCUT2D eigenvalue weighted by molar-refractivity contribution is 5.35. The van der Waals surface area contributed by atoms with Crippen LogP contribution in [0, 0.1) is 11.8 Å². The SMILES string of the molecule is c1cc2c(cc1CCC1NCC3CCCC31)CCC2. The van der Waals surface area contributed by atoms with E-state index in [9.17, 15) is 0 Å². The lowest BCUT2D eigenvalue weighted by molar-refractivity contribution is 0.393. The zero-order chi connectivity index (χ0) is 12.7. The Morgan fingerprint density at radius 2 is 2.00 bits per heavy atom. The van der Waals surface area contributed by atoms with Crippen LogP contribution in [0.5, 0.6) is 0 Å². The van der Waals surface area contributed by atoms with Crippen molar-refractivity contribution in [1.29, 1.82) is 0 Å². The molecule has 1 heteroatoms. The second kappa shape index (κ2) is 4.94. The summed E-state index contributed by atoms with van der Waals surface area (Å²) in [6, 6.07) is 8.06. The zero-order valence-electron chi connectivity index (χ0n) is 11.8. The predicted octanol–water partition coefficient (Wildman–Crippen LogP) is 3.50. The van der Waals surface area contributed by atoms with Gasteiger partial charge in [-0.05, 0) is 80.0 Å². The van der Waals surface area contributed by atoms with Gasteiger partial charge in [0.1, 0.15) is 0 Å². The summed E-state index contributed by atoms with van der Waals surface area (Å²) in [4.78, 5) is 0. The Labute approximate surface area is 116 Å². The normalized spacial score (nSPS) is 32.5. The Kier molecular flexibility index (Phi) is 3.11. The van der Waals surface area contributed by atoms with Crippen LogP contribution in [0.1, 0.15) is 48.8 Å². The third-order valence-corrected chi connectivity index (χ3v) is 5.78. The maximum atomic E-state index is 3.78. The van der Waals surface area contributed by atoms with Crippen LogP contribution in [0.2, 0.25) is 0 Å². The van der Waals surface area contributed by atoms with Gasteiger partial charge in [0.15, 0.2) is 0 Å². The van der Waals surface area contributed by atoms with Gasteiger partial charge in [-0.3, -0.25) is 0 Å². The summed E-state index contributed by atoms with van der Waals surface area (Å²) >= 11 is 0. The monoisotopic (exact) mass is 255 g/mol. The highest BCUT2D eigenvalue weighted by Crippen LogP contribution is 2.39. The molecule has 2 fully saturated rings. The second-order valence-corrected chi connectivity index (χ2v) is 6.86. The van der Waals surface area contributed by atoms with Crippen LogP contribution >= 0.6 is 0 Å². The molecule has 3 unspecified atom stereocenters. The first-order chi connectivity index (χ1) is 9.40. The Morgan fingerprint density at radius 1 is 1.05 bits per heavy atom. The lowest BCUT2D eigenvalue weighted by Crippen LogP contribution is -2.27. The van der Waals surface area contributed by atoms with E-state index >= 15 is 0 Å². The zero-order valence-corrected chi connectivity index (χ0v) is 11.8. The number of rotatable bonds is 3. The Hall–Kier alpha value is -0.820. The molecule has 1 aliphatic heterocycles. The number of hydrogen-bond acceptors (Lipinski definition) is 1. The molecule has 0 aromatic heterocycles. The Balaban J connectivity index is 1.39. The average Bonchev–Trinajstić information content (AvgIpc) is 3.12. The van der Waals surface area contributed by atoms with E-state index in [1.807, 2.05) is 0 Å². The minimum atomic E-state index is 0.806. The first-order valence-corrected chi connectivity index (χ1v) is 8.24. The van der Waals surface area contributed by atoms with Crippen LogP contribution < -0.4 is 5.32 Å². The minimum Gasteiger partial charge on any atom is -0.313 e. The van der Waals surface area contributed by atoms with E-state index in [-0.39, 0.29) is 0 Å². The van der Waals surface area contributed by atoms with E-state index in [0.29, 0.717) is 0 Å². The fourth-order valence-electron chi connectivity index (χ4n) is 4.72. The number of aryl methyl sites for hydroxylation is 3. The quantitative estimate of drug-likeness (QED) is 0.871. The van der Waals surface area contributed by atoms with Crippen molar-refractivity contribution in [3.05, 3.63) is 34.9 Å². The van der Waals surface area contributed by atoms with Crippen molar-refractivity contribution in [2.24, 2.45) is 11.8 Å². The summed E-state index contributed by atoms with van der Waals surface area (Å²) in [5, 5.41) is 3.78. The number of hydrogen-bond donors (Lipinski definition) is 1. The average molecular weight is 255 g/mol. The van der Waals surface area contributed by atoms with Crippen molar-refractivity contribution in [1.82, 2.24) is 5.32 Å². The van der Waals surface area contributed by atoms with Crippen molar-refractivity contribution >= 4 is 0 Å². The van der Waals surface area contributed by atoms with Crippen LogP contribution in [-0.4, -0.2) is 12.6 Å². The van der Waals surface area contributed by atoms with Gasteiger partial charge in [-0.15, -0.1) is 0 Å². The van der Waals surface area contributed by atoms with Crippen LogP contribution in [0.15, 0.2) is 18.2 Å². The van der Waals surface area contributed by atoms with E-state index < -0.39 is 0 Å². The molecular weight excluding hydrogens is 230 g/mol. The molecule has 1 aromatic rings. The Bertz CT molecular complexity index is 465. The van der Waals surface area contributed by atoms with E-state index in [0.717, 1.165) is 17.9 Å². The van der Waals surface area contributed by atoms with E-state index in [2.05, 4.69) is 23.5 Å². The number of benzene rings is 1. The summed E-state index contributed by atoms with van der Waals surface area (Å²) in [6.45, 7) is 1.29. The largest absolute Gasteiger partial charge is 0.313 e. The standard InChI is InChI=1S/C18H25N/c1-3-14-9-7-13(11-15(14)4-1)8-10-18-17-6-2-5-16(17)12-19-18/h7,9,11,16-19H,1-6,8,10,12H2. The molecule has 1 saturated heterocycles. The summed E-state index contributed by atoms with van der Waals surface area (Å²) in [5.41, 5.74) is 4.82. The molecule has 0 amide bonds. The fraction of sp³-hybridized carbons (Fsp3) is 0.667. The maximum Gasteiger partial charge on any atom is 0.0102 e. The molecule has 102 valence electrons. The van der Waals surface area contributed by atoms with Crippen molar-refractivity contribution in [2.45, 2.75) is 57.4 Å². The minimum absolute atomic E-state index is 0.806. The fourth-order valence-corrected chi connectivity index (χ4v) is 4.72. The van der Waals surface area contributed by atoms with Gasteiger partial charge in [-0.25, -0.2) is 0 Å². The third kappa shape index (κ3) is 2.23. The number of nitrogens with one attached hydrogen (secondary N) is 1. The molecular formula is C18H25N. The smallest absolute Gasteiger partial charge is 0.0102 e. The summed E-state index contributed by atoms with van der Waals surface area (Å²) in [5.74, 6) is 2.00.